The normalized spacial score (nSPS) is 27.3. The summed E-state index contributed by atoms with van der Waals surface area (Å²) in [7, 11) is 3.19. The molecule has 4 aliphatic carbocycles. The second-order valence-corrected chi connectivity index (χ2v) is 10.7. The van der Waals surface area contributed by atoms with E-state index in [-0.39, 0.29) is 23.7 Å². The molecule has 8 heteroatoms. The molecule has 1 aromatic heterocycles. The molecule has 1 heterocycles. The fourth-order valence-corrected chi connectivity index (χ4v) is 7.24. The first-order valence-corrected chi connectivity index (χ1v) is 12.6. The minimum atomic E-state index is -0.172. The predicted octanol–water partition coefficient (Wildman–Crippen LogP) is 4.49. The number of benzene rings is 1. The molecule has 4 bridgehead atoms. The van der Waals surface area contributed by atoms with Crippen molar-refractivity contribution in [1.82, 2.24) is 10.3 Å². The average Bonchev–Trinajstić information content (AvgIpc) is 3.26. The van der Waals surface area contributed by atoms with E-state index in [1.165, 1.54) is 30.6 Å². The molecule has 4 aliphatic rings. The summed E-state index contributed by atoms with van der Waals surface area (Å²) in [5.74, 6) is 3.50. The Kier molecular flexibility index (Phi) is 6.03. The van der Waals surface area contributed by atoms with Gasteiger partial charge in [-0.1, -0.05) is 0 Å². The van der Waals surface area contributed by atoms with Crippen LogP contribution in [0.2, 0.25) is 0 Å². The van der Waals surface area contributed by atoms with Gasteiger partial charge in [0.15, 0.2) is 16.6 Å². The van der Waals surface area contributed by atoms with Crippen LogP contribution in [-0.4, -0.2) is 37.6 Å². The maximum absolute atomic E-state index is 13.0. The molecule has 1 aromatic carbocycles. The highest BCUT2D eigenvalue weighted by atomic mass is 32.1. The largest absolute Gasteiger partial charge is 0.493 e. The topological polar surface area (TPSA) is 89.6 Å². The van der Waals surface area contributed by atoms with Crippen LogP contribution in [0.3, 0.4) is 0 Å². The summed E-state index contributed by atoms with van der Waals surface area (Å²) in [4.78, 5) is 30.0. The molecule has 0 aliphatic heterocycles. The summed E-state index contributed by atoms with van der Waals surface area (Å²) < 4.78 is 10.6. The van der Waals surface area contributed by atoms with Gasteiger partial charge in [-0.2, -0.15) is 0 Å². The van der Waals surface area contributed by atoms with Crippen molar-refractivity contribution in [1.29, 1.82) is 0 Å². The van der Waals surface area contributed by atoms with E-state index < -0.39 is 0 Å². The molecule has 4 saturated carbocycles. The number of hydrogen-bond acceptors (Lipinski definition) is 6. The Morgan fingerprint density at radius 1 is 1.06 bits per heavy atom. The monoisotopic (exact) mass is 469 g/mol. The number of anilines is 1. The number of nitrogens with one attached hydrogen (secondary N) is 2. The molecular weight excluding hydrogens is 438 g/mol. The molecule has 7 nitrogen and oxygen atoms in total. The summed E-state index contributed by atoms with van der Waals surface area (Å²) in [6.45, 7) is 0.361. The van der Waals surface area contributed by atoms with Gasteiger partial charge in [0.25, 0.3) is 0 Å². The van der Waals surface area contributed by atoms with Crippen LogP contribution < -0.4 is 20.1 Å². The summed E-state index contributed by atoms with van der Waals surface area (Å²) in [5, 5.41) is 8.36. The van der Waals surface area contributed by atoms with Crippen LogP contribution >= 0.6 is 11.3 Å². The predicted molar refractivity (Wildman–Crippen MR) is 128 cm³/mol. The molecule has 4 fully saturated rings. The zero-order valence-electron chi connectivity index (χ0n) is 19.2. The number of carbonyl (C=O) groups is 2. The van der Waals surface area contributed by atoms with E-state index >= 15 is 0 Å². The minimum Gasteiger partial charge on any atom is -0.493 e. The van der Waals surface area contributed by atoms with Crippen molar-refractivity contribution in [3.63, 3.8) is 0 Å². The van der Waals surface area contributed by atoms with Crippen LogP contribution in [0, 0.1) is 23.2 Å². The van der Waals surface area contributed by atoms with Gasteiger partial charge < -0.3 is 20.1 Å². The highest BCUT2D eigenvalue weighted by molar-refractivity contribution is 7.14. The molecule has 0 spiro atoms. The molecule has 0 radical (unpaired) electrons. The summed E-state index contributed by atoms with van der Waals surface area (Å²) in [6.07, 6.45) is 7.29. The van der Waals surface area contributed by atoms with Crippen molar-refractivity contribution in [2.24, 2.45) is 23.2 Å². The maximum Gasteiger partial charge on any atom is 0.227 e. The van der Waals surface area contributed by atoms with Crippen LogP contribution in [0.5, 0.6) is 11.5 Å². The van der Waals surface area contributed by atoms with Gasteiger partial charge in [0, 0.05) is 29.3 Å². The first-order valence-electron chi connectivity index (χ1n) is 11.7. The van der Waals surface area contributed by atoms with Gasteiger partial charge >= 0.3 is 0 Å². The molecule has 2 amide bonds. The lowest BCUT2D eigenvalue weighted by atomic mass is 9.49. The standard InChI is InChI=1S/C25H31N3O4S/c1-31-20-4-3-18(10-21(20)32-2)19-14-33-24(27-19)28-22(29)5-6-26-23(30)25-11-15-7-16(12-25)9-17(8-15)13-25/h3-4,10,14-17H,5-9,11-13H2,1-2H3,(H,26,30)(H,27,28,29). The number of rotatable bonds is 8. The van der Waals surface area contributed by atoms with Gasteiger partial charge in [-0.25, -0.2) is 4.98 Å². The third kappa shape index (κ3) is 4.45. The van der Waals surface area contributed by atoms with Crippen LogP contribution in [0.15, 0.2) is 23.6 Å². The van der Waals surface area contributed by atoms with Crippen molar-refractivity contribution >= 4 is 28.3 Å². The van der Waals surface area contributed by atoms with E-state index in [1.54, 1.807) is 14.2 Å². The summed E-state index contributed by atoms with van der Waals surface area (Å²) in [6, 6.07) is 5.60. The maximum atomic E-state index is 13.0. The first kappa shape index (κ1) is 22.2. The molecule has 0 saturated heterocycles. The number of amides is 2. The zero-order valence-corrected chi connectivity index (χ0v) is 20.0. The number of hydrogen-bond donors (Lipinski definition) is 2. The van der Waals surface area contributed by atoms with Crippen LogP contribution in [-0.2, 0) is 9.59 Å². The van der Waals surface area contributed by atoms with E-state index in [0.717, 1.165) is 48.3 Å². The quantitative estimate of drug-likeness (QED) is 0.595. The average molecular weight is 470 g/mol. The van der Waals surface area contributed by atoms with E-state index in [0.29, 0.717) is 23.2 Å². The molecule has 33 heavy (non-hydrogen) atoms. The molecule has 2 aromatic rings. The Morgan fingerprint density at radius 2 is 1.73 bits per heavy atom. The highest BCUT2D eigenvalue weighted by Gasteiger charge is 2.54. The lowest BCUT2D eigenvalue weighted by molar-refractivity contribution is -0.146. The number of methoxy groups -OCH3 is 2. The van der Waals surface area contributed by atoms with Gasteiger partial charge in [0.2, 0.25) is 11.8 Å². The number of thiazole rings is 1. The summed E-state index contributed by atoms with van der Waals surface area (Å²) in [5.41, 5.74) is 1.47. The lowest BCUT2D eigenvalue weighted by Crippen LogP contribution is -2.53. The first-order chi connectivity index (χ1) is 16.0. The van der Waals surface area contributed by atoms with Crippen molar-refractivity contribution in [3.05, 3.63) is 23.6 Å². The van der Waals surface area contributed by atoms with E-state index in [1.807, 2.05) is 23.6 Å². The SMILES string of the molecule is COc1ccc(-c2csc(NC(=O)CCNC(=O)C34CC5CC(CC(C5)C3)C4)n2)cc1OC. The van der Waals surface area contributed by atoms with Crippen LogP contribution in [0.1, 0.15) is 44.9 Å². The number of ether oxygens (including phenoxy) is 2. The Hall–Kier alpha value is -2.61. The van der Waals surface area contributed by atoms with Crippen molar-refractivity contribution in [2.45, 2.75) is 44.9 Å². The van der Waals surface area contributed by atoms with Crippen molar-refractivity contribution < 1.29 is 19.1 Å². The minimum absolute atomic E-state index is 0.144. The fraction of sp³-hybridized carbons (Fsp3) is 0.560. The fourth-order valence-electron chi connectivity index (χ4n) is 6.51. The Bertz CT molecular complexity index is 1010. The molecule has 176 valence electrons. The number of aromatic nitrogens is 1. The third-order valence-corrected chi connectivity index (χ3v) is 8.35. The molecule has 0 unspecified atom stereocenters. The zero-order chi connectivity index (χ0) is 23.0. The van der Waals surface area contributed by atoms with Gasteiger partial charge in [-0.15, -0.1) is 11.3 Å². The Labute approximate surface area is 198 Å². The second-order valence-electron chi connectivity index (χ2n) is 9.86. The Morgan fingerprint density at radius 3 is 2.36 bits per heavy atom. The van der Waals surface area contributed by atoms with E-state index in [4.69, 9.17) is 9.47 Å². The number of carbonyl (C=O) groups excluding carboxylic acids is 2. The van der Waals surface area contributed by atoms with Crippen molar-refractivity contribution in [2.75, 3.05) is 26.1 Å². The molecule has 0 atom stereocenters. The van der Waals surface area contributed by atoms with Gasteiger partial charge in [0.05, 0.1) is 19.9 Å². The molecular formula is C25H31N3O4S. The van der Waals surface area contributed by atoms with Gasteiger partial charge in [-0.05, 0) is 74.5 Å². The van der Waals surface area contributed by atoms with Crippen LogP contribution in [0.25, 0.3) is 11.3 Å². The van der Waals surface area contributed by atoms with Crippen molar-refractivity contribution in [3.8, 4) is 22.8 Å². The van der Waals surface area contributed by atoms with E-state index in [2.05, 4.69) is 15.6 Å². The Balaban J connectivity index is 1.13. The summed E-state index contributed by atoms with van der Waals surface area (Å²) >= 11 is 1.37. The third-order valence-electron chi connectivity index (χ3n) is 7.59. The highest BCUT2D eigenvalue weighted by Crippen LogP contribution is 2.60. The molecule has 6 rings (SSSR count). The smallest absolute Gasteiger partial charge is 0.227 e. The molecule has 2 N–H and O–H groups in total. The van der Waals surface area contributed by atoms with Crippen LogP contribution in [0.4, 0.5) is 5.13 Å². The van der Waals surface area contributed by atoms with E-state index in [9.17, 15) is 9.59 Å². The van der Waals surface area contributed by atoms with Gasteiger partial charge in [0.1, 0.15) is 0 Å². The lowest BCUT2D eigenvalue weighted by Gasteiger charge is -2.55. The van der Waals surface area contributed by atoms with Gasteiger partial charge in [-0.3, -0.25) is 9.59 Å². The second kappa shape index (κ2) is 8.97. The number of nitrogens with zero attached hydrogens (tertiary/aromatic N) is 1.